The maximum atomic E-state index is 13.5. The molecule has 0 radical (unpaired) electrons. The van der Waals surface area contributed by atoms with Crippen LogP contribution in [0, 0.1) is 0 Å². The second kappa shape index (κ2) is 61.7. The van der Waals surface area contributed by atoms with Crippen LogP contribution in [0.15, 0.2) is 12.2 Å². The summed E-state index contributed by atoms with van der Waals surface area (Å²) in [5.41, 5.74) is 0. The van der Waals surface area contributed by atoms with E-state index in [2.05, 4.69) is 31.3 Å². The average molecular weight is 1420 g/mol. The molecule has 0 aliphatic carbocycles. The van der Waals surface area contributed by atoms with E-state index in [0.717, 1.165) is 44.9 Å². The molecule has 0 bridgehead atoms. The zero-order chi connectivity index (χ0) is 71.8. The fraction of sp³-hybridized carbons (Fsp3) is 0.963. The quantitative estimate of drug-likeness (QED) is 0.0199. The summed E-state index contributed by atoms with van der Waals surface area (Å²) in [6, 6.07) is -0.884. The number of hydrogen-bond acceptors (Lipinski definition) is 18. The lowest BCUT2D eigenvalue weighted by Crippen LogP contribution is -2.66. The third-order valence-electron chi connectivity index (χ3n) is 21.1. The number of rotatable bonds is 67. The molecule has 0 saturated carbocycles. The SMILES string of the molecule is CCCCCCCCCC/C=C\CCCCCCCCCCCCCCCCCCCCCCCCCCCC(=O)NC(COC1OC(CO)C(OC2OC(CO)C(OC3OC(CO)C(O)C(O)C3O)C(O)C2O)C(O)C1O)C(O)CCCCCCCCCCCCCCCCCCC. The number of amides is 1. The van der Waals surface area contributed by atoms with Gasteiger partial charge in [0.15, 0.2) is 18.9 Å². The number of unbranched alkanes of at least 4 members (excludes halogenated alkanes) is 49. The summed E-state index contributed by atoms with van der Waals surface area (Å²) >= 11 is 0. The van der Waals surface area contributed by atoms with E-state index in [1.54, 1.807) is 0 Å². The maximum absolute atomic E-state index is 13.5. The van der Waals surface area contributed by atoms with Gasteiger partial charge in [-0.05, 0) is 38.5 Å². The number of allylic oxidation sites excluding steroid dienone is 2. The third-order valence-corrected chi connectivity index (χ3v) is 21.1. The van der Waals surface area contributed by atoms with Crippen LogP contribution in [0.25, 0.3) is 0 Å². The minimum absolute atomic E-state index is 0.234. The normalized spacial score (nSPS) is 26.6. The van der Waals surface area contributed by atoms with E-state index in [-0.39, 0.29) is 18.9 Å². The van der Waals surface area contributed by atoms with E-state index >= 15 is 0 Å². The smallest absolute Gasteiger partial charge is 0.220 e. The molecule has 3 rings (SSSR count). The summed E-state index contributed by atoms with van der Waals surface area (Å²) in [5.74, 6) is -0.234. The van der Waals surface area contributed by atoms with E-state index in [0.29, 0.717) is 12.8 Å². The molecule has 1 amide bonds. The topological polar surface area (TPSA) is 307 Å². The van der Waals surface area contributed by atoms with Crippen LogP contribution in [-0.2, 0) is 33.2 Å². The third kappa shape index (κ3) is 41.9. The molecule has 17 atom stereocenters. The van der Waals surface area contributed by atoms with Crippen LogP contribution < -0.4 is 5.32 Å². The Morgan fingerprint density at radius 3 is 0.980 bits per heavy atom. The number of ether oxygens (including phenoxy) is 6. The summed E-state index contributed by atoms with van der Waals surface area (Å²) in [5, 5.41) is 121. The standard InChI is InChI=1S/C80H153NO18/c1-3-5-7-9-11-13-15-17-19-21-22-23-24-25-26-27-28-29-30-31-32-33-34-35-36-37-38-39-40-42-44-46-48-50-52-54-56-58-68(86)81-63(64(85)57-55-53-51-49-47-45-43-41-20-18-16-14-12-10-8-6-4-2)62-94-78-74(92)71(89)76(66(60-83)96-78)99-80-75(93)72(90)77(67(61-84)97-80)98-79-73(91)70(88)69(87)65(59-82)95-79/h21-22,63-67,69-80,82-85,87-93H,3-20,23-62H2,1-2H3,(H,81,86)/b22-21-. The van der Waals surface area contributed by atoms with Crippen molar-refractivity contribution in [2.45, 2.75) is 465 Å². The fourth-order valence-electron chi connectivity index (χ4n) is 14.4. The van der Waals surface area contributed by atoms with E-state index in [9.17, 15) is 61.0 Å². The van der Waals surface area contributed by atoms with Gasteiger partial charge in [-0.15, -0.1) is 0 Å². The Hall–Kier alpha value is -1.47. The van der Waals surface area contributed by atoms with Gasteiger partial charge < -0.3 is 89.9 Å². The number of aliphatic hydroxyl groups excluding tert-OH is 11. The minimum atomic E-state index is -1.97. The van der Waals surface area contributed by atoms with E-state index < -0.39 is 124 Å². The molecule has 586 valence electrons. The van der Waals surface area contributed by atoms with Crippen LogP contribution in [0.4, 0.5) is 0 Å². The molecule has 99 heavy (non-hydrogen) atoms. The summed E-state index contributed by atoms with van der Waals surface area (Å²) in [7, 11) is 0. The van der Waals surface area contributed by atoms with Gasteiger partial charge in [0.2, 0.25) is 5.91 Å². The van der Waals surface area contributed by atoms with Crippen LogP contribution >= 0.6 is 0 Å². The molecule has 0 aromatic heterocycles. The molecule has 12 N–H and O–H groups in total. The van der Waals surface area contributed by atoms with Gasteiger partial charge in [-0.1, -0.05) is 328 Å². The Balaban J connectivity index is 1.30. The number of aliphatic hydroxyl groups is 11. The zero-order valence-corrected chi connectivity index (χ0v) is 62.8. The van der Waals surface area contributed by atoms with Gasteiger partial charge in [0.05, 0.1) is 38.6 Å². The molecule has 3 saturated heterocycles. The monoisotopic (exact) mass is 1420 g/mol. The van der Waals surface area contributed by atoms with Crippen LogP contribution in [0.2, 0.25) is 0 Å². The predicted molar refractivity (Wildman–Crippen MR) is 393 cm³/mol. The second-order valence-electron chi connectivity index (χ2n) is 29.9. The maximum Gasteiger partial charge on any atom is 0.220 e. The first kappa shape index (κ1) is 91.7. The van der Waals surface area contributed by atoms with Gasteiger partial charge in [-0.2, -0.15) is 0 Å². The van der Waals surface area contributed by atoms with Crippen molar-refractivity contribution < 1.29 is 89.4 Å². The second-order valence-corrected chi connectivity index (χ2v) is 29.9. The lowest BCUT2D eigenvalue weighted by Gasteiger charge is -2.48. The first-order chi connectivity index (χ1) is 48.3. The number of carbonyl (C=O) groups excluding carboxylic acids is 1. The van der Waals surface area contributed by atoms with Gasteiger partial charge in [0, 0.05) is 6.42 Å². The molecule has 3 aliphatic rings. The molecule has 3 fully saturated rings. The van der Waals surface area contributed by atoms with Gasteiger partial charge in [-0.25, -0.2) is 0 Å². The predicted octanol–water partition coefficient (Wildman–Crippen LogP) is 14.0. The number of carbonyl (C=O) groups is 1. The van der Waals surface area contributed by atoms with Crippen molar-refractivity contribution in [3.8, 4) is 0 Å². The Labute approximate surface area is 601 Å². The van der Waals surface area contributed by atoms with Crippen molar-refractivity contribution >= 4 is 5.91 Å². The molecular weight excluding hydrogens is 1260 g/mol. The van der Waals surface area contributed by atoms with E-state index in [4.69, 9.17) is 28.4 Å². The highest BCUT2D eigenvalue weighted by molar-refractivity contribution is 5.76. The lowest BCUT2D eigenvalue weighted by molar-refractivity contribution is -0.379. The van der Waals surface area contributed by atoms with Crippen LogP contribution in [0.1, 0.15) is 361 Å². The molecule has 17 unspecified atom stereocenters. The molecule has 0 aromatic carbocycles. The van der Waals surface area contributed by atoms with E-state index in [1.807, 2.05) is 0 Å². The Bertz CT molecular complexity index is 1840. The van der Waals surface area contributed by atoms with Crippen LogP contribution in [0.5, 0.6) is 0 Å². The summed E-state index contributed by atoms with van der Waals surface area (Å²) in [4.78, 5) is 13.5. The molecular formula is C80H153NO18. The van der Waals surface area contributed by atoms with Gasteiger partial charge in [-0.3, -0.25) is 4.79 Å². The van der Waals surface area contributed by atoms with Crippen molar-refractivity contribution in [2.75, 3.05) is 26.4 Å². The van der Waals surface area contributed by atoms with Crippen molar-refractivity contribution in [2.24, 2.45) is 0 Å². The Kier molecular flexibility index (Phi) is 57.1. The first-order valence-corrected chi connectivity index (χ1v) is 41.4. The average Bonchev–Trinajstić information content (AvgIpc) is 0.786. The zero-order valence-electron chi connectivity index (χ0n) is 62.8. The summed E-state index contributed by atoms with van der Waals surface area (Å²) < 4.78 is 34.5. The van der Waals surface area contributed by atoms with Crippen molar-refractivity contribution in [3.63, 3.8) is 0 Å². The highest BCUT2D eigenvalue weighted by Gasteiger charge is 2.54. The van der Waals surface area contributed by atoms with Crippen LogP contribution in [0.3, 0.4) is 0 Å². The Morgan fingerprint density at radius 1 is 0.354 bits per heavy atom. The molecule has 19 heteroatoms. The van der Waals surface area contributed by atoms with Crippen LogP contribution in [-0.4, -0.2) is 193 Å². The molecule has 3 heterocycles. The van der Waals surface area contributed by atoms with E-state index in [1.165, 1.54) is 283 Å². The Morgan fingerprint density at radius 2 is 0.636 bits per heavy atom. The van der Waals surface area contributed by atoms with Gasteiger partial charge in [0.1, 0.15) is 73.2 Å². The number of hydrogen-bond donors (Lipinski definition) is 12. The van der Waals surface area contributed by atoms with Gasteiger partial charge >= 0.3 is 0 Å². The summed E-state index contributed by atoms with van der Waals surface area (Å²) in [6.07, 6.45) is 46.1. The number of nitrogens with one attached hydrogen (secondary N) is 1. The lowest BCUT2D eigenvalue weighted by atomic mass is 9.96. The molecule has 19 nitrogen and oxygen atoms in total. The fourth-order valence-corrected chi connectivity index (χ4v) is 14.4. The highest BCUT2D eigenvalue weighted by Crippen LogP contribution is 2.33. The van der Waals surface area contributed by atoms with Crippen molar-refractivity contribution in [1.82, 2.24) is 5.32 Å². The minimum Gasteiger partial charge on any atom is -0.394 e. The highest BCUT2D eigenvalue weighted by atomic mass is 16.8. The molecule has 3 aliphatic heterocycles. The first-order valence-electron chi connectivity index (χ1n) is 41.4. The largest absolute Gasteiger partial charge is 0.394 e. The van der Waals surface area contributed by atoms with Gasteiger partial charge in [0.25, 0.3) is 0 Å². The van der Waals surface area contributed by atoms with Crippen molar-refractivity contribution in [1.29, 1.82) is 0 Å². The molecule has 0 aromatic rings. The van der Waals surface area contributed by atoms with Crippen molar-refractivity contribution in [3.05, 3.63) is 12.2 Å². The summed E-state index contributed by atoms with van der Waals surface area (Å²) in [6.45, 7) is 1.86. The molecule has 0 spiro atoms.